The van der Waals surface area contributed by atoms with E-state index in [-0.39, 0.29) is 5.91 Å². The van der Waals surface area contributed by atoms with Crippen molar-refractivity contribution < 1.29 is 4.79 Å². The lowest BCUT2D eigenvalue weighted by molar-refractivity contribution is -0.118. The number of nitrogens with one attached hydrogen (secondary N) is 1. The first-order chi connectivity index (χ1) is 7.68. The van der Waals surface area contributed by atoms with Crippen molar-refractivity contribution in [1.29, 1.82) is 0 Å². The Labute approximate surface area is 102 Å². The van der Waals surface area contributed by atoms with Gasteiger partial charge in [0, 0.05) is 6.54 Å². The van der Waals surface area contributed by atoms with Gasteiger partial charge in [-0.3, -0.25) is 4.79 Å². The second-order valence-corrected chi connectivity index (χ2v) is 5.20. The fourth-order valence-corrected chi connectivity index (χ4v) is 2.11. The van der Waals surface area contributed by atoms with Gasteiger partial charge >= 0.3 is 0 Å². The van der Waals surface area contributed by atoms with Gasteiger partial charge in [0.2, 0.25) is 5.91 Å². The monoisotopic (exact) mass is 237 g/mol. The molecule has 88 valence electrons. The largest absolute Gasteiger partial charge is 0.351 e. The van der Waals surface area contributed by atoms with Crippen LogP contribution in [0.4, 0.5) is 0 Å². The van der Waals surface area contributed by atoms with Crippen molar-refractivity contribution in [2.75, 3.05) is 11.5 Å². The Kier molecular flexibility index (Phi) is 6.01. The standard InChI is InChI=1S/C13H19NOS/c1-11(2)9-16-10-13(15)14-8-12-6-4-3-5-7-12/h3-7,11H,8-10H2,1-2H3,(H,14,15). The highest BCUT2D eigenvalue weighted by atomic mass is 32.2. The molecule has 0 unspecified atom stereocenters. The highest BCUT2D eigenvalue weighted by Crippen LogP contribution is 2.06. The minimum atomic E-state index is 0.120. The van der Waals surface area contributed by atoms with Crippen LogP contribution in [0.15, 0.2) is 30.3 Å². The molecular weight excluding hydrogens is 218 g/mol. The Morgan fingerprint density at radius 2 is 2.00 bits per heavy atom. The summed E-state index contributed by atoms with van der Waals surface area (Å²) in [4.78, 5) is 11.5. The van der Waals surface area contributed by atoms with Gasteiger partial charge in [0.15, 0.2) is 0 Å². The number of rotatable bonds is 6. The molecule has 1 rings (SSSR count). The average Bonchev–Trinajstić information content (AvgIpc) is 2.27. The predicted molar refractivity (Wildman–Crippen MR) is 70.5 cm³/mol. The van der Waals surface area contributed by atoms with Gasteiger partial charge in [-0.25, -0.2) is 0 Å². The lowest BCUT2D eigenvalue weighted by Gasteiger charge is -2.06. The molecular formula is C13H19NOS. The molecule has 0 atom stereocenters. The summed E-state index contributed by atoms with van der Waals surface area (Å²) >= 11 is 1.69. The molecule has 3 heteroatoms. The van der Waals surface area contributed by atoms with Crippen molar-refractivity contribution in [3.05, 3.63) is 35.9 Å². The molecule has 0 spiro atoms. The van der Waals surface area contributed by atoms with E-state index < -0.39 is 0 Å². The van der Waals surface area contributed by atoms with Gasteiger partial charge in [0.05, 0.1) is 5.75 Å². The van der Waals surface area contributed by atoms with E-state index in [0.717, 1.165) is 11.3 Å². The van der Waals surface area contributed by atoms with Crippen LogP contribution < -0.4 is 5.32 Å². The first-order valence-corrected chi connectivity index (χ1v) is 6.72. The van der Waals surface area contributed by atoms with E-state index in [0.29, 0.717) is 18.2 Å². The Balaban J connectivity index is 2.16. The Morgan fingerprint density at radius 1 is 1.31 bits per heavy atom. The van der Waals surface area contributed by atoms with Gasteiger partial charge in [-0.15, -0.1) is 0 Å². The quantitative estimate of drug-likeness (QED) is 0.824. The highest BCUT2D eigenvalue weighted by molar-refractivity contribution is 7.99. The molecule has 0 aliphatic rings. The van der Waals surface area contributed by atoms with E-state index in [1.54, 1.807) is 11.8 Å². The Morgan fingerprint density at radius 3 is 2.62 bits per heavy atom. The van der Waals surface area contributed by atoms with Crippen LogP contribution in [0.2, 0.25) is 0 Å². The van der Waals surface area contributed by atoms with Crippen LogP contribution in [0.25, 0.3) is 0 Å². The van der Waals surface area contributed by atoms with Crippen LogP contribution in [0.5, 0.6) is 0 Å². The molecule has 1 aromatic carbocycles. The van der Waals surface area contributed by atoms with Gasteiger partial charge < -0.3 is 5.32 Å². The zero-order valence-corrected chi connectivity index (χ0v) is 10.7. The van der Waals surface area contributed by atoms with Crippen LogP contribution in [-0.4, -0.2) is 17.4 Å². The van der Waals surface area contributed by atoms with Gasteiger partial charge in [-0.2, -0.15) is 11.8 Å². The maximum Gasteiger partial charge on any atom is 0.230 e. The predicted octanol–water partition coefficient (Wildman–Crippen LogP) is 2.69. The number of hydrogen-bond donors (Lipinski definition) is 1. The summed E-state index contributed by atoms with van der Waals surface area (Å²) < 4.78 is 0. The van der Waals surface area contributed by atoms with Crippen molar-refractivity contribution in [1.82, 2.24) is 5.32 Å². The fraction of sp³-hybridized carbons (Fsp3) is 0.462. The van der Waals surface area contributed by atoms with Crippen molar-refractivity contribution in [2.24, 2.45) is 5.92 Å². The zero-order chi connectivity index (χ0) is 11.8. The first kappa shape index (κ1) is 13.1. The SMILES string of the molecule is CC(C)CSCC(=O)NCc1ccccc1. The molecule has 1 amide bonds. The van der Waals surface area contributed by atoms with Crippen LogP contribution >= 0.6 is 11.8 Å². The second-order valence-electron chi connectivity index (χ2n) is 4.17. The lowest BCUT2D eigenvalue weighted by Crippen LogP contribution is -2.24. The number of amides is 1. The molecule has 0 bridgehead atoms. The van der Waals surface area contributed by atoms with Crippen LogP contribution in [0.3, 0.4) is 0 Å². The molecule has 2 nitrogen and oxygen atoms in total. The maximum atomic E-state index is 11.5. The molecule has 0 fully saturated rings. The van der Waals surface area contributed by atoms with Crippen molar-refractivity contribution in [3.63, 3.8) is 0 Å². The van der Waals surface area contributed by atoms with Gasteiger partial charge in [-0.1, -0.05) is 44.2 Å². The summed E-state index contributed by atoms with van der Waals surface area (Å²) in [5.74, 6) is 2.37. The number of hydrogen-bond acceptors (Lipinski definition) is 2. The molecule has 0 saturated carbocycles. The van der Waals surface area contributed by atoms with Crippen molar-refractivity contribution >= 4 is 17.7 Å². The van der Waals surface area contributed by atoms with Gasteiger partial charge in [0.1, 0.15) is 0 Å². The Bertz CT molecular complexity index is 311. The van der Waals surface area contributed by atoms with Gasteiger partial charge in [-0.05, 0) is 17.2 Å². The van der Waals surface area contributed by atoms with E-state index in [1.165, 1.54) is 0 Å². The minimum Gasteiger partial charge on any atom is -0.351 e. The van der Waals surface area contributed by atoms with Crippen molar-refractivity contribution in [3.8, 4) is 0 Å². The third-order valence-corrected chi connectivity index (χ3v) is 3.39. The maximum absolute atomic E-state index is 11.5. The second kappa shape index (κ2) is 7.34. The summed E-state index contributed by atoms with van der Waals surface area (Å²) in [5.41, 5.74) is 1.14. The number of benzene rings is 1. The minimum absolute atomic E-state index is 0.120. The lowest BCUT2D eigenvalue weighted by atomic mass is 10.2. The van der Waals surface area contributed by atoms with Gasteiger partial charge in [0.25, 0.3) is 0 Å². The number of thioether (sulfide) groups is 1. The molecule has 1 aromatic rings. The average molecular weight is 237 g/mol. The summed E-state index contributed by atoms with van der Waals surface area (Å²) in [6.45, 7) is 4.95. The third kappa shape index (κ3) is 5.81. The smallest absolute Gasteiger partial charge is 0.230 e. The first-order valence-electron chi connectivity index (χ1n) is 5.57. The molecule has 1 N–H and O–H groups in total. The van der Waals surface area contributed by atoms with E-state index >= 15 is 0 Å². The summed E-state index contributed by atoms with van der Waals surface area (Å²) in [7, 11) is 0. The molecule has 0 aliphatic carbocycles. The van der Waals surface area contributed by atoms with E-state index in [2.05, 4.69) is 19.2 Å². The molecule has 0 aromatic heterocycles. The number of carbonyl (C=O) groups excluding carboxylic acids is 1. The normalized spacial score (nSPS) is 10.4. The van der Waals surface area contributed by atoms with Crippen molar-refractivity contribution in [2.45, 2.75) is 20.4 Å². The van der Waals surface area contributed by atoms with E-state index in [9.17, 15) is 4.79 Å². The number of carbonyl (C=O) groups is 1. The summed E-state index contributed by atoms with van der Waals surface area (Å²) in [6, 6.07) is 9.97. The van der Waals surface area contributed by atoms with Crippen LogP contribution in [-0.2, 0) is 11.3 Å². The molecule has 0 saturated heterocycles. The molecule has 0 aliphatic heterocycles. The van der Waals surface area contributed by atoms with Crippen LogP contribution in [0, 0.1) is 5.92 Å². The topological polar surface area (TPSA) is 29.1 Å². The van der Waals surface area contributed by atoms with E-state index in [4.69, 9.17) is 0 Å². The summed E-state index contributed by atoms with van der Waals surface area (Å²) in [5, 5.41) is 2.91. The van der Waals surface area contributed by atoms with E-state index in [1.807, 2.05) is 30.3 Å². The Hall–Kier alpha value is -0.960. The molecule has 16 heavy (non-hydrogen) atoms. The third-order valence-electron chi connectivity index (χ3n) is 2.02. The highest BCUT2D eigenvalue weighted by Gasteiger charge is 2.02. The molecule has 0 heterocycles. The zero-order valence-electron chi connectivity index (χ0n) is 9.90. The van der Waals surface area contributed by atoms with Crippen LogP contribution in [0.1, 0.15) is 19.4 Å². The summed E-state index contributed by atoms with van der Waals surface area (Å²) in [6.07, 6.45) is 0. The fourth-order valence-electron chi connectivity index (χ4n) is 1.23. The molecule has 0 radical (unpaired) electrons.